The van der Waals surface area contributed by atoms with Gasteiger partial charge in [-0.25, -0.2) is 4.79 Å². The first-order chi connectivity index (χ1) is 9.06. The molecule has 0 spiro atoms. The Bertz CT molecular complexity index is 614. The van der Waals surface area contributed by atoms with Crippen LogP contribution in [0.5, 0.6) is 0 Å². The van der Waals surface area contributed by atoms with Gasteiger partial charge in [0.2, 0.25) is 0 Å². The Hall–Kier alpha value is -1.71. The second-order valence-electron chi connectivity index (χ2n) is 3.94. The third-order valence-electron chi connectivity index (χ3n) is 2.49. The summed E-state index contributed by atoms with van der Waals surface area (Å²) in [7, 11) is 0. The summed E-state index contributed by atoms with van der Waals surface area (Å²) in [5, 5.41) is 1.01. The summed E-state index contributed by atoms with van der Waals surface area (Å²) < 4.78 is 5.17. The van der Waals surface area contributed by atoms with E-state index in [-0.39, 0.29) is 6.61 Å². The molecule has 0 radical (unpaired) electrons. The number of benzene rings is 2. The molecule has 0 aliphatic carbocycles. The second kappa shape index (κ2) is 5.95. The van der Waals surface area contributed by atoms with Crippen LogP contribution in [0.2, 0.25) is 10.0 Å². The molecule has 0 atom stereocenters. The topological polar surface area (TPSA) is 52.3 Å². The van der Waals surface area contributed by atoms with Crippen LogP contribution in [0.25, 0.3) is 0 Å². The summed E-state index contributed by atoms with van der Waals surface area (Å²) in [4.78, 5) is 11.8. The van der Waals surface area contributed by atoms with Crippen molar-refractivity contribution < 1.29 is 9.53 Å². The van der Waals surface area contributed by atoms with Crippen LogP contribution in [0.3, 0.4) is 0 Å². The maximum Gasteiger partial charge on any atom is 0.338 e. The van der Waals surface area contributed by atoms with Crippen molar-refractivity contribution in [2.24, 2.45) is 0 Å². The molecule has 98 valence electrons. The van der Waals surface area contributed by atoms with E-state index in [1.165, 1.54) is 6.07 Å². The molecule has 2 N–H and O–H groups in total. The van der Waals surface area contributed by atoms with Crippen LogP contribution in [-0.2, 0) is 11.3 Å². The predicted octanol–water partition coefficient (Wildman–Crippen LogP) is 3.93. The molecule has 0 saturated carbocycles. The zero-order valence-electron chi connectivity index (χ0n) is 9.90. The fourth-order valence-electron chi connectivity index (χ4n) is 1.53. The van der Waals surface area contributed by atoms with Gasteiger partial charge in [0.1, 0.15) is 6.61 Å². The van der Waals surface area contributed by atoms with Crippen LogP contribution >= 0.6 is 23.2 Å². The summed E-state index contributed by atoms with van der Waals surface area (Å²) in [5.74, 6) is -0.455. The van der Waals surface area contributed by atoms with Gasteiger partial charge in [-0.15, -0.1) is 0 Å². The number of ether oxygens (including phenoxy) is 1. The van der Waals surface area contributed by atoms with Gasteiger partial charge < -0.3 is 10.5 Å². The highest BCUT2D eigenvalue weighted by Gasteiger charge is 2.09. The van der Waals surface area contributed by atoms with Gasteiger partial charge in [0.25, 0.3) is 0 Å². The molecule has 0 heterocycles. The van der Waals surface area contributed by atoms with E-state index in [2.05, 4.69) is 0 Å². The van der Waals surface area contributed by atoms with Crippen LogP contribution in [-0.4, -0.2) is 5.97 Å². The fraction of sp³-hybridized carbons (Fsp3) is 0.0714. The van der Waals surface area contributed by atoms with E-state index < -0.39 is 5.97 Å². The summed E-state index contributed by atoms with van der Waals surface area (Å²) >= 11 is 11.6. The van der Waals surface area contributed by atoms with Crippen LogP contribution in [0.4, 0.5) is 5.69 Å². The number of hydrogen-bond acceptors (Lipinski definition) is 3. The van der Waals surface area contributed by atoms with E-state index in [9.17, 15) is 4.79 Å². The summed E-state index contributed by atoms with van der Waals surface area (Å²) in [6.45, 7) is 0.155. The molecule has 0 saturated heterocycles. The number of carbonyl (C=O) groups excluding carboxylic acids is 1. The zero-order valence-corrected chi connectivity index (χ0v) is 11.4. The minimum atomic E-state index is -0.455. The number of nitrogens with two attached hydrogens (primary N) is 1. The summed E-state index contributed by atoms with van der Waals surface area (Å²) in [5.41, 5.74) is 7.16. The molecule has 0 bridgehead atoms. The Morgan fingerprint density at radius 1 is 1.16 bits per heavy atom. The predicted molar refractivity (Wildman–Crippen MR) is 76.4 cm³/mol. The Morgan fingerprint density at radius 2 is 1.95 bits per heavy atom. The standard InChI is InChI=1S/C14H11Cl2NO2/c15-11-3-1-2-9(6-11)8-19-14(18)10-4-5-12(16)13(17)7-10/h1-7H,8,17H2. The minimum Gasteiger partial charge on any atom is -0.457 e. The van der Waals surface area contributed by atoms with E-state index in [4.69, 9.17) is 33.7 Å². The second-order valence-corrected chi connectivity index (χ2v) is 4.79. The smallest absolute Gasteiger partial charge is 0.338 e. The molecule has 3 nitrogen and oxygen atoms in total. The van der Waals surface area contributed by atoms with Crippen LogP contribution in [0.15, 0.2) is 42.5 Å². The van der Waals surface area contributed by atoms with Crippen molar-refractivity contribution in [1.29, 1.82) is 0 Å². The van der Waals surface area contributed by atoms with E-state index in [1.807, 2.05) is 6.07 Å². The first-order valence-corrected chi connectivity index (χ1v) is 6.28. The average molecular weight is 296 g/mol. The van der Waals surface area contributed by atoms with Crippen molar-refractivity contribution in [3.63, 3.8) is 0 Å². The van der Waals surface area contributed by atoms with Crippen molar-refractivity contribution in [3.05, 3.63) is 63.6 Å². The lowest BCUT2D eigenvalue weighted by Gasteiger charge is -2.06. The van der Waals surface area contributed by atoms with Crippen molar-refractivity contribution in [2.75, 3.05) is 5.73 Å². The molecule has 0 unspecified atom stereocenters. The highest BCUT2D eigenvalue weighted by atomic mass is 35.5. The van der Waals surface area contributed by atoms with Gasteiger partial charge in [0, 0.05) is 5.02 Å². The molecule has 2 rings (SSSR count). The van der Waals surface area contributed by atoms with Gasteiger partial charge in [-0.05, 0) is 35.9 Å². The van der Waals surface area contributed by atoms with Gasteiger partial charge in [-0.3, -0.25) is 0 Å². The van der Waals surface area contributed by atoms with Gasteiger partial charge >= 0.3 is 5.97 Å². The monoisotopic (exact) mass is 295 g/mol. The number of rotatable bonds is 3. The van der Waals surface area contributed by atoms with E-state index >= 15 is 0 Å². The lowest BCUT2D eigenvalue weighted by molar-refractivity contribution is 0.0473. The summed E-state index contributed by atoms with van der Waals surface area (Å²) in [6, 6.07) is 11.7. The fourth-order valence-corrected chi connectivity index (χ4v) is 1.86. The van der Waals surface area contributed by atoms with E-state index in [0.29, 0.717) is 21.3 Å². The highest BCUT2D eigenvalue weighted by molar-refractivity contribution is 6.33. The number of nitrogen functional groups attached to an aromatic ring is 1. The molecule has 0 amide bonds. The largest absolute Gasteiger partial charge is 0.457 e. The average Bonchev–Trinajstić information content (AvgIpc) is 2.39. The lowest BCUT2D eigenvalue weighted by atomic mass is 10.2. The lowest BCUT2D eigenvalue weighted by Crippen LogP contribution is -2.06. The van der Waals surface area contributed by atoms with Crippen LogP contribution in [0.1, 0.15) is 15.9 Å². The Balaban J connectivity index is 2.03. The molecular formula is C14H11Cl2NO2. The number of halogens is 2. The van der Waals surface area contributed by atoms with Crippen LogP contribution in [0, 0.1) is 0 Å². The Morgan fingerprint density at radius 3 is 2.63 bits per heavy atom. The third kappa shape index (κ3) is 3.63. The van der Waals surface area contributed by atoms with Crippen molar-refractivity contribution in [3.8, 4) is 0 Å². The normalized spacial score (nSPS) is 10.2. The van der Waals surface area contributed by atoms with Gasteiger partial charge in [-0.2, -0.15) is 0 Å². The SMILES string of the molecule is Nc1cc(C(=O)OCc2cccc(Cl)c2)ccc1Cl. The van der Waals surface area contributed by atoms with Gasteiger partial charge in [0.15, 0.2) is 0 Å². The van der Waals surface area contributed by atoms with Crippen molar-refractivity contribution in [1.82, 2.24) is 0 Å². The number of anilines is 1. The molecule has 0 aliphatic rings. The maximum atomic E-state index is 11.8. The maximum absolute atomic E-state index is 11.8. The molecule has 2 aromatic carbocycles. The molecule has 0 aliphatic heterocycles. The molecule has 5 heteroatoms. The van der Waals surface area contributed by atoms with Gasteiger partial charge in [-0.1, -0.05) is 35.3 Å². The van der Waals surface area contributed by atoms with Gasteiger partial charge in [0.05, 0.1) is 16.3 Å². The molecular weight excluding hydrogens is 285 g/mol. The number of esters is 1. The van der Waals surface area contributed by atoms with E-state index in [1.54, 1.807) is 30.3 Å². The quantitative estimate of drug-likeness (QED) is 0.689. The molecule has 19 heavy (non-hydrogen) atoms. The van der Waals surface area contributed by atoms with Crippen molar-refractivity contribution in [2.45, 2.75) is 6.61 Å². The first-order valence-electron chi connectivity index (χ1n) is 5.53. The molecule has 0 aromatic heterocycles. The van der Waals surface area contributed by atoms with Crippen LogP contribution < -0.4 is 5.73 Å². The summed E-state index contributed by atoms with van der Waals surface area (Å²) in [6.07, 6.45) is 0. The minimum absolute atomic E-state index is 0.155. The third-order valence-corrected chi connectivity index (χ3v) is 3.07. The Labute approximate surface area is 120 Å². The first kappa shape index (κ1) is 13.7. The number of hydrogen-bond donors (Lipinski definition) is 1. The van der Waals surface area contributed by atoms with Crippen molar-refractivity contribution >= 4 is 34.9 Å². The highest BCUT2D eigenvalue weighted by Crippen LogP contribution is 2.20. The Kier molecular flexibility index (Phi) is 4.30. The zero-order chi connectivity index (χ0) is 13.8. The molecule has 2 aromatic rings. The number of carbonyl (C=O) groups is 1. The molecule has 0 fully saturated rings. The van der Waals surface area contributed by atoms with E-state index in [0.717, 1.165) is 5.56 Å².